The highest BCUT2D eigenvalue weighted by atomic mass is 17.2. The lowest BCUT2D eigenvalue weighted by molar-refractivity contribution is -0.482. The lowest BCUT2D eigenvalue weighted by atomic mass is 9.89. The summed E-state index contributed by atoms with van der Waals surface area (Å²) in [5.74, 6) is -1.32. The third-order valence-electron chi connectivity index (χ3n) is 4.73. The molecule has 0 aliphatic carbocycles. The lowest BCUT2D eigenvalue weighted by Gasteiger charge is -2.20. The second kappa shape index (κ2) is 13.5. The molecule has 0 fully saturated rings. The molecule has 0 aliphatic heterocycles. The van der Waals surface area contributed by atoms with Crippen molar-refractivity contribution < 1.29 is 20.3 Å². The molecule has 0 aromatic carbocycles. The first-order valence-corrected chi connectivity index (χ1v) is 10.1. The zero-order valence-electron chi connectivity index (χ0n) is 17.9. The molecule has 154 valence electrons. The third-order valence-corrected chi connectivity index (χ3v) is 4.73. The topological polar surface area (TPSA) is 58.9 Å². The largest absolute Gasteiger partial charge is 0.249 e. The minimum absolute atomic E-state index is 0.434. The summed E-state index contributed by atoms with van der Waals surface area (Å²) in [4.78, 5) is 8.30. The second-order valence-corrected chi connectivity index (χ2v) is 8.97. The highest BCUT2D eigenvalue weighted by Crippen LogP contribution is 2.23. The van der Waals surface area contributed by atoms with Gasteiger partial charge in [-0.15, -0.1) is 0 Å². The Labute approximate surface area is 161 Å². The van der Waals surface area contributed by atoms with Crippen LogP contribution in [-0.4, -0.2) is 16.3 Å². The van der Waals surface area contributed by atoms with Crippen LogP contribution in [-0.2, 0) is 9.78 Å². The van der Waals surface area contributed by atoms with Crippen LogP contribution in [0.2, 0.25) is 0 Å². The van der Waals surface area contributed by atoms with Crippen LogP contribution in [0.25, 0.3) is 0 Å². The second-order valence-electron chi connectivity index (χ2n) is 8.97. The fourth-order valence-electron chi connectivity index (χ4n) is 2.88. The van der Waals surface area contributed by atoms with Gasteiger partial charge in [0.25, 0.3) is 0 Å². The highest BCUT2D eigenvalue weighted by molar-refractivity contribution is 4.99. The van der Waals surface area contributed by atoms with Gasteiger partial charge in [0.2, 0.25) is 5.79 Å². The Morgan fingerprint density at radius 3 is 1.73 bits per heavy atom. The number of hydrogen-bond acceptors (Lipinski definition) is 4. The molecule has 0 aliphatic rings. The van der Waals surface area contributed by atoms with Crippen LogP contribution in [0.15, 0.2) is 23.3 Å². The first-order chi connectivity index (χ1) is 12.1. The van der Waals surface area contributed by atoms with Gasteiger partial charge in [0, 0.05) is 6.42 Å². The van der Waals surface area contributed by atoms with E-state index in [1.165, 1.54) is 56.6 Å². The van der Waals surface area contributed by atoms with Crippen molar-refractivity contribution in [1.29, 1.82) is 0 Å². The van der Waals surface area contributed by atoms with E-state index in [0.717, 1.165) is 19.3 Å². The molecule has 0 rings (SSSR count). The molecule has 0 aromatic heterocycles. The van der Waals surface area contributed by atoms with Crippen molar-refractivity contribution in [3.8, 4) is 0 Å². The van der Waals surface area contributed by atoms with Crippen molar-refractivity contribution in [2.75, 3.05) is 0 Å². The summed E-state index contributed by atoms with van der Waals surface area (Å²) in [6.45, 7) is 12.8. The Balaban J connectivity index is 3.81. The van der Waals surface area contributed by atoms with Gasteiger partial charge in [-0.05, 0) is 84.0 Å². The monoisotopic (exact) mass is 370 g/mol. The van der Waals surface area contributed by atoms with Crippen molar-refractivity contribution in [1.82, 2.24) is 0 Å². The van der Waals surface area contributed by atoms with Gasteiger partial charge in [-0.25, -0.2) is 20.3 Å². The van der Waals surface area contributed by atoms with Gasteiger partial charge in [0.15, 0.2) is 0 Å². The maximum absolute atomic E-state index is 8.68. The molecule has 0 atom stereocenters. The van der Waals surface area contributed by atoms with Crippen molar-refractivity contribution in [2.24, 2.45) is 5.41 Å². The van der Waals surface area contributed by atoms with E-state index in [9.17, 15) is 0 Å². The molecule has 0 spiro atoms. The van der Waals surface area contributed by atoms with Gasteiger partial charge < -0.3 is 0 Å². The van der Waals surface area contributed by atoms with Gasteiger partial charge in [-0.2, -0.15) is 0 Å². The smallest absolute Gasteiger partial charge is 0.230 e. The summed E-state index contributed by atoms with van der Waals surface area (Å²) in [5.41, 5.74) is 3.37. The molecule has 0 unspecified atom stereocenters. The quantitative estimate of drug-likeness (QED) is 0.109. The van der Waals surface area contributed by atoms with E-state index in [2.05, 4.69) is 56.5 Å². The Morgan fingerprint density at radius 1 is 0.731 bits per heavy atom. The number of allylic oxidation sites excluding steroid dienone is 4. The van der Waals surface area contributed by atoms with Crippen LogP contribution >= 0.6 is 0 Å². The Hall–Kier alpha value is -0.680. The number of unbranched alkanes of at least 4 members (excludes halogenated alkanes) is 3. The van der Waals surface area contributed by atoms with Crippen LogP contribution in [0.4, 0.5) is 0 Å². The summed E-state index contributed by atoms with van der Waals surface area (Å²) < 4.78 is 0. The third kappa shape index (κ3) is 14.5. The van der Waals surface area contributed by atoms with E-state index in [4.69, 9.17) is 10.5 Å². The molecule has 4 nitrogen and oxygen atoms in total. The van der Waals surface area contributed by atoms with Gasteiger partial charge in [0.1, 0.15) is 0 Å². The number of rotatable bonds is 14. The molecular formula is C22H42O4. The fraction of sp³-hybridized carbons (Fsp3) is 0.818. The van der Waals surface area contributed by atoms with Crippen LogP contribution in [0.1, 0.15) is 106 Å². The van der Waals surface area contributed by atoms with Crippen molar-refractivity contribution in [2.45, 2.75) is 112 Å². The minimum Gasteiger partial charge on any atom is -0.249 e. The minimum atomic E-state index is -1.32. The Morgan fingerprint density at radius 2 is 1.23 bits per heavy atom. The summed E-state index contributed by atoms with van der Waals surface area (Å²) in [5, 5.41) is 17.4. The van der Waals surface area contributed by atoms with E-state index in [1.54, 1.807) is 0 Å². The summed E-state index contributed by atoms with van der Waals surface area (Å²) in [7, 11) is 0. The van der Waals surface area contributed by atoms with Crippen LogP contribution < -0.4 is 0 Å². The average Bonchev–Trinajstić information content (AvgIpc) is 2.57. The fourth-order valence-corrected chi connectivity index (χ4v) is 2.88. The van der Waals surface area contributed by atoms with Gasteiger partial charge in [0.05, 0.1) is 0 Å². The molecule has 4 heteroatoms. The van der Waals surface area contributed by atoms with Crippen LogP contribution in [0.3, 0.4) is 0 Å². The zero-order chi connectivity index (χ0) is 20.1. The number of hydrogen-bond donors (Lipinski definition) is 2. The van der Waals surface area contributed by atoms with Crippen molar-refractivity contribution in [3.63, 3.8) is 0 Å². The first-order valence-electron chi connectivity index (χ1n) is 10.1. The molecule has 0 heterocycles. The maximum Gasteiger partial charge on any atom is 0.230 e. The van der Waals surface area contributed by atoms with E-state index in [0.29, 0.717) is 11.8 Å². The van der Waals surface area contributed by atoms with Gasteiger partial charge in [-0.1, -0.05) is 44.1 Å². The van der Waals surface area contributed by atoms with Gasteiger partial charge >= 0.3 is 0 Å². The molecule has 0 saturated carbocycles. The van der Waals surface area contributed by atoms with Gasteiger partial charge in [-0.3, -0.25) is 0 Å². The SMILES string of the molecule is C/C(=C\CCCC(C)(OO)OO)CCCC/C=C(\C)CCCC(C)(C)C. The Kier molecular flexibility index (Phi) is 13.1. The van der Waals surface area contributed by atoms with E-state index in [-0.39, 0.29) is 0 Å². The summed E-state index contributed by atoms with van der Waals surface area (Å²) >= 11 is 0. The normalized spacial score (nSPS) is 14.2. The van der Waals surface area contributed by atoms with Crippen molar-refractivity contribution >= 4 is 0 Å². The highest BCUT2D eigenvalue weighted by Gasteiger charge is 2.25. The van der Waals surface area contributed by atoms with E-state index < -0.39 is 5.79 Å². The molecule has 26 heavy (non-hydrogen) atoms. The maximum atomic E-state index is 8.68. The van der Waals surface area contributed by atoms with E-state index in [1.807, 2.05) is 0 Å². The van der Waals surface area contributed by atoms with Crippen LogP contribution in [0.5, 0.6) is 0 Å². The predicted octanol–water partition coefficient (Wildman–Crippen LogP) is 7.52. The molecule has 2 N–H and O–H groups in total. The predicted molar refractivity (Wildman–Crippen MR) is 109 cm³/mol. The average molecular weight is 371 g/mol. The standard InChI is InChI=1S/C22H42O4/c1-19(15-10-11-18-22(6,25-23)26-24)13-8-7-9-14-20(2)16-12-17-21(3,4)5/h14-15,23-24H,7-13,16-18H2,1-6H3/b19-15+,20-14+. The van der Waals surface area contributed by atoms with Crippen molar-refractivity contribution in [3.05, 3.63) is 23.3 Å². The lowest BCUT2D eigenvalue weighted by Crippen LogP contribution is -2.29. The molecular weight excluding hydrogens is 328 g/mol. The summed E-state index contributed by atoms with van der Waals surface area (Å²) in [6, 6.07) is 0. The first kappa shape index (κ1) is 25.3. The van der Waals surface area contributed by atoms with Crippen LogP contribution in [0, 0.1) is 5.41 Å². The molecule has 0 bridgehead atoms. The molecule has 0 amide bonds. The zero-order valence-corrected chi connectivity index (χ0v) is 17.9. The molecule has 0 radical (unpaired) electrons. The molecule has 0 aromatic rings. The Bertz CT molecular complexity index is 414. The van der Waals surface area contributed by atoms with E-state index >= 15 is 0 Å². The molecule has 0 saturated heterocycles. The summed E-state index contributed by atoms with van der Waals surface area (Å²) in [6.07, 6.45) is 15.3.